The van der Waals surface area contributed by atoms with E-state index in [1.807, 2.05) is 50.2 Å². The van der Waals surface area contributed by atoms with Crippen LogP contribution in [0.2, 0.25) is 0 Å². The van der Waals surface area contributed by atoms with Crippen molar-refractivity contribution in [3.8, 4) is 5.69 Å². The van der Waals surface area contributed by atoms with Crippen molar-refractivity contribution in [1.29, 1.82) is 0 Å². The van der Waals surface area contributed by atoms with Crippen molar-refractivity contribution < 1.29 is 12.8 Å². The number of benzene rings is 2. The van der Waals surface area contributed by atoms with E-state index < -0.39 is 15.8 Å². The maximum Gasteiger partial charge on any atom is 0.417 e. The van der Waals surface area contributed by atoms with Crippen LogP contribution in [0, 0.1) is 13.8 Å². The van der Waals surface area contributed by atoms with Crippen molar-refractivity contribution in [3.63, 3.8) is 0 Å². The van der Waals surface area contributed by atoms with Crippen LogP contribution in [0.1, 0.15) is 17.0 Å². The van der Waals surface area contributed by atoms with E-state index in [4.69, 9.17) is 4.42 Å². The topological polar surface area (TPSA) is 97.1 Å². The number of sulfonamides is 1. The summed E-state index contributed by atoms with van der Waals surface area (Å²) in [5.41, 5.74) is 4.57. The second-order valence-electron chi connectivity index (χ2n) is 6.56. The van der Waals surface area contributed by atoms with Gasteiger partial charge in [-0.05, 0) is 49.7 Å². The Balaban J connectivity index is 1.60. The molecule has 7 nitrogen and oxygen atoms in total. The third kappa shape index (κ3) is 3.28. The second kappa shape index (κ2) is 6.81. The number of aromatic amines is 1. The van der Waals surface area contributed by atoms with Gasteiger partial charge in [-0.1, -0.05) is 18.2 Å². The molecule has 2 N–H and O–H groups in total. The monoisotopic (exact) mass is 397 g/mol. The molecule has 0 amide bonds. The summed E-state index contributed by atoms with van der Waals surface area (Å²) in [5.74, 6) is -0.620. The highest BCUT2D eigenvalue weighted by Gasteiger charge is 2.18. The Labute approximate surface area is 161 Å². The fraction of sp³-hybridized carbons (Fsp3) is 0.150. The van der Waals surface area contributed by atoms with E-state index in [0.717, 1.165) is 22.6 Å². The number of para-hydroxylation sites is 1. The van der Waals surface area contributed by atoms with Crippen molar-refractivity contribution in [3.05, 3.63) is 82.1 Å². The lowest BCUT2D eigenvalue weighted by atomic mass is 10.2. The molecule has 0 aliphatic rings. The minimum absolute atomic E-state index is 0.0413. The van der Waals surface area contributed by atoms with E-state index in [1.54, 1.807) is 0 Å². The third-order valence-electron chi connectivity index (χ3n) is 4.71. The minimum atomic E-state index is -3.76. The highest BCUT2D eigenvalue weighted by molar-refractivity contribution is 7.89. The van der Waals surface area contributed by atoms with Gasteiger partial charge >= 0.3 is 5.76 Å². The predicted octanol–water partition coefficient (Wildman–Crippen LogP) is 3.01. The SMILES string of the molecule is Cc1cc(CNS(=O)(=O)c2ccc3[nH]c(=O)oc3c2)c(C)n1-c1ccccc1. The molecule has 0 unspecified atom stereocenters. The number of hydrogen-bond donors (Lipinski definition) is 2. The Bertz CT molecular complexity index is 1310. The summed E-state index contributed by atoms with van der Waals surface area (Å²) >= 11 is 0. The molecule has 2 heterocycles. The van der Waals surface area contributed by atoms with Gasteiger partial charge in [-0.2, -0.15) is 0 Å². The summed E-state index contributed by atoms with van der Waals surface area (Å²) in [4.78, 5) is 13.8. The first-order chi connectivity index (χ1) is 13.3. The Morgan fingerprint density at radius 1 is 1.07 bits per heavy atom. The molecular formula is C20H19N3O4S. The van der Waals surface area contributed by atoms with Gasteiger partial charge in [0.1, 0.15) is 0 Å². The molecule has 0 aliphatic heterocycles. The van der Waals surface area contributed by atoms with Gasteiger partial charge in [-0.25, -0.2) is 17.9 Å². The molecule has 0 saturated carbocycles. The van der Waals surface area contributed by atoms with Crippen LogP contribution < -0.4 is 10.5 Å². The Kier molecular flexibility index (Phi) is 4.44. The molecule has 0 radical (unpaired) electrons. The van der Waals surface area contributed by atoms with Crippen molar-refractivity contribution in [2.75, 3.05) is 0 Å². The van der Waals surface area contributed by atoms with Gasteiger partial charge in [0.15, 0.2) is 5.58 Å². The van der Waals surface area contributed by atoms with Gasteiger partial charge in [-0.15, -0.1) is 0 Å². The first kappa shape index (κ1) is 18.3. The highest BCUT2D eigenvalue weighted by atomic mass is 32.2. The number of hydrogen-bond acceptors (Lipinski definition) is 4. The maximum atomic E-state index is 12.7. The van der Waals surface area contributed by atoms with Crippen LogP contribution >= 0.6 is 0 Å². The zero-order chi connectivity index (χ0) is 19.9. The Hall–Kier alpha value is -3.10. The number of fused-ring (bicyclic) bond motifs is 1. The molecule has 0 atom stereocenters. The fourth-order valence-corrected chi connectivity index (χ4v) is 4.35. The summed E-state index contributed by atoms with van der Waals surface area (Å²) in [6.07, 6.45) is 0. The quantitative estimate of drug-likeness (QED) is 0.541. The van der Waals surface area contributed by atoms with Gasteiger partial charge < -0.3 is 8.98 Å². The molecule has 2 aromatic carbocycles. The van der Waals surface area contributed by atoms with Gasteiger partial charge in [0, 0.05) is 29.7 Å². The molecule has 0 fully saturated rings. The van der Waals surface area contributed by atoms with E-state index in [2.05, 4.69) is 14.3 Å². The number of aromatic nitrogens is 2. The van der Waals surface area contributed by atoms with Crippen LogP contribution in [0.5, 0.6) is 0 Å². The molecule has 0 spiro atoms. The highest BCUT2D eigenvalue weighted by Crippen LogP contribution is 2.22. The van der Waals surface area contributed by atoms with Crippen LogP contribution in [0.4, 0.5) is 0 Å². The second-order valence-corrected chi connectivity index (χ2v) is 8.33. The summed E-state index contributed by atoms with van der Waals surface area (Å²) in [6.45, 7) is 4.11. The van der Waals surface area contributed by atoms with Crippen molar-refractivity contribution in [2.45, 2.75) is 25.3 Å². The molecule has 0 saturated heterocycles. The number of nitrogens with one attached hydrogen (secondary N) is 2. The van der Waals surface area contributed by atoms with E-state index >= 15 is 0 Å². The van der Waals surface area contributed by atoms with Gasteiger partial charge in [0.25, 0.3) is 0 Å². The largest absolute Gasteiger partial charge is 0.417 e. The number of H-pyrrole nitrogens is 1. The fourth-order valence-electron chi connectivity index (χ4n) is 3.33. The van der Waals surface area contributed by atoms with Crippen molar-refractivity contribution >= 4 is 21.1 Å². The zero-order valence-corrected chi connectivity index (χ0v) is 16.2. The lowest BCUT2D eigenvalue weighted by Crippen LogP contribution is -2.23. The number of aryl methyl sites for hydroxylation is 1. The number of oxazole rings is 1. The molecule has 0 bridgehead atoms. The first-order valence-electron chi connectivity index (χ1n) is 8.71. The molecule has 8 heteroatoms. The standard InChI is InChI=1S/C20H19N3O4S/c1-13-10-15(14(2)23(13)16-6-4-3-5-7-16)12-21-28(25,26)17-8-9-18-19(11-17)27-20(24)22-18/h3-11,21H,12H2,1-2H3,(H,22,24). The molecule has 144 valence electrons. The van der Waals surface area contributed by atoms with Gasteiger partial charge in [0.2, 0.25) is 10.0 Å². The van der Waals surface area contributed by atoms with Gasteiger partial charge in [-0.3, -0.25) is 4.98 Å². The normalized spacial score (nSPS) is 11.9. The van der Waals surface area contributed by atoms with Crippen molar-refractivity contribution in [1.82, 2.24) is 14.3 Å². The van der Waals surface area contributed by atoms with E-state index in [0.29, 0.717) is 5.52 Å². The molecule has 0 aliphatic carbocycles. The van der Waals surface area contributed by atoms with E-state index in [9.17, 15) is 13.2 Å². The average molecular weight is 397 g/mol. The average Bonchev–Trinajstić information content (AvgIpc) is 3.18. The van der Waals surface area contributed by atoms with Crippen LogP contribution in [0.3, 0.4) is 0 Å². The molecule has 28 heavy (non-hydrogen) atoms. The zero-order valence-electron chi connectivity index (χ0n) is 15.4. The third-order valence-corrected chi connectivity index (χ3v) is 6.10. The first-order valence-corrected chi connectivity index (χ1v) is 10.2. The van der Waals surface area contributed by atoms with E-state index in [1.165, 1.54) is 18.2 Å². The Morgan fingerprint density at radius 3 is 2.57 bits per heavy atom. The summed E-state index contributed by atoms with van der Waals surface area (Å²) in [5, 5.41) is 0. The summed E-state index contributed by atoms with van der Waals surface area (Å²) < 4.78 is 35.0. The lowest BCUT2D eigenvalue weighted by Gasteiger charge is -2.10. The summed E-state index contributed by atoms with van der Waals surface area (Å²) in [7, 11) is -3.76. The van der Waals surface area contributed by atoms with Crippen LogP contribution in [0.15, 0.2) is 68.7 Å². The molecule has 4 aromatic rings. The van der Waals surface area contributed by atoms with Crippen LogP contribution in [0.25, 0.3) is 16.8 Å². The Morgan fingerprint density at radius 2 is 1.82 bits per heavy atom. The van der Waals surface area contributed by atoms with Crippen LogP contribution in [-0.4, -0.2) is 18.0 Å². The molecule has 4 rings (SSSR count). The van der Waals surface area contributed by atoms with E-state index in [-0.39, 0.29) is 17.0 Å². The summed E-state index contributed by atoms with van der Waals surface area (Å²) in [6, 6.07) is 16.2. The smallest absolute Gasteiger partial charge is 0.408 e. The lowest BCUT2D eigenvalue weighted by molar-refractivity contribution is 0.553. The maximum absolute atomic E-state index is 12.7. The molecular weight excluding hydrogens is 378 g/mol. The predicted molar refractivity (Wildman–Crippen MR) is 106 cm³/mol. The van der Waals surface area contributed by atoms with Gasteiger partial charge in [0.05, 0.1) is 10.4 Å². The van der Waals surface area contributed by atoms with Crippen molar-refractivity contribution in [2.24, 2.45) is 0 Å². The van der Waals surface area contributed by atoms with Crippen LogP contribution in [-0.2, 0) is 16.6 Å². The minimum Gasteiger partial charge on any atom is -0.408 e. The number of rotatable bonds is 5. The molecule has 2 aromatic heterocycles. The number of nitrogens with zero attached hydrogens (tertiary/aromatic N) is 1.